The number of nitrogens with one attached hydrogen (secondary N) is 1. The van der Waals surface area contributed by atoms with Crippen LogP contribution in [0.4, 0.5) is 5.69 Å². The summed E-state index contributed by atoms with van der Waals surface area (Å²) in [6.45, 7) is 0. The third-order valence-electron chi connectivity index (χ3n) is 4.36. The summed E-state index contributed by atoms with van der Waals surface area (Å²) in [5, 5.41) is 2.94. The van der Waals surface area contributed by atoms with Gasteiger partial charge >= 0.3 is 0 Å². The Kier molecular flexibility index (Phi) is 4.57. The Labute approximate surface area is 140 Å². The van der Waals surface area contributed by atoms with Gasteiger partial charge in [-0.15, -0.1) is 0 Å². The van der Waals surface area contributed by atoms with Crippen LogP contribution in [-0.2, 0) is 9.59 Å². The minimum atomic E-state index is -0.389. The molecule has 1 aliphatic carbocycles. The second-order valence-electron chi connectivity index (χ2n) is 5.81. The predicted octanol–water partition coefficient (Wildman–Crippen LogP) is 3.26. The normalized spacial score (nSPS) is 19.5. The van der Waals surface area contributed by atoms with Gasteiger partial charge in [0.05, 0.1) is 7.11 Å². The third-order valence-corrected chi connectivity index (χ3v) is 4.71. The number of ether oxygens (including phenoxy) is 1. The minimum Gasteiger partial charge on any atom is -0.497 e. The molecule has 1 aliphatic heterocycles. The predicted molar refractivity (Wildman–Crippen MR) is 88.2 cm³/mol. The standard InChI is InChI=1S/C17H19ClN2O3/c1-23-13-9-7-11(8-10-13)19-15-14(18)16(21)20(17(15)22)12-5-3-2-4-6-12/h7-10,12,19H,2-6H2,1H3. The van der Waals surface area contributed by atoms with Crippen molar-refractivity contribution in [2.24, 2.45) is 0 Å². The maximum absolute atomic E-state index is 12.6. The smallest absolute Gasteiger partial charge is 0.279 e. The van der Waals surface area contributed by atoms with Gasteiger partial charge in [-0.3, -0.25) is 14.5 Å². The number of carbonyl (C=O) groups is 2. The lowest BCUT2D eigenvalue weighted by Gasteiger charge is -2.29. The van der Waals surface area contributed by atoms with Crippen molar-refractivity contribution < 1.29 is 14.3 Å². The molecular formula is C17H19ClN2O3. The zero-order valence-electron chi connectivity index (χ0n) is 13.0. The highest BCUT2D eigenvalue weighted by Gasteiger charge is 2.42. The van der Waals surface area contributed by atoms with Crippen molar-refractivity contribution in [3.8, 4) is 5.75 Å². The highest BCUT2D eigenvalue weighted by Crippen LogP contribution is 2.32. The molecule has 0 spiro atoms. The van der Waals surface area contributed by atoms with E-state index in [9.17, 15) is 9.59 Å². The van der Waals surface area contributed by atoms with Crippen molar-refractivity contribution in [1.29, 1.82) is 0 Å². The van der Waals surface area contributed by atoms with E-state index in [2.05, 4.69) is 5.32 Å². The van der Waals surface area contributed by atoms with E-state index in [4.69, 9.17) is 16.3 Å². The summed E-state index contributed by atoms with van der Waals surface area (Å²) in [5.41, 5.74) is 0.845. The van der Waals surface area contributed by atoms with Gasteiger partial charge in [0, 0.05) is 11.7 Å². The number of methoxy groups -OCH3 is 1. The van der Waals surface area contributed by atoms with Gasteiger partial charge in [0.15, 0.2) is 0 Å². The molecule has 23 heavy (non-hydrogen) atoms. The molecule has 3 rings (SSSR count). The molecule has 2 aliphatic rings. The van der Waals surface area contributed by atoms with E-state index in [0.717, 1.165) is 32.1 Å². The molecule has 5 nitrogen and oxygen atoms in total. The molecule has 0 saturated heterocycles. The highest BCUT2D eigenvalue weighted by molar-refractivity contribution is 6.48. The fourth-order valence-electron chi connectivity index (χ4n) is 3.12. The summed E-state index contributed by atoms with van der Waals surface area (Å²) in [6.07, 6.45) is 4.96. The van der Waals surface area contributed by atoms with Crippen molar-refractivity contribution in [2.45, 2.75) is 38.1 Å². The first kappa shape index (κ1) is 15.9. The van der Waals surface area contributed by atoms with Crippen LogP contribution >= 0.6 is 11.6 Å². The summed E-state index contributed by atoms with van der Waals surface area (Å²) in [5.74, 6) is -0.00409. The molecule has 0 radical (unpaired) electrons. The molecule has 1 fully saturated rings. The molecule has 1 saturated carbocycles. The molecule has 1 N–H and O–H groups in total. The number of imide groups is 1. The van der Waals surface area contributed by atoms with Gasteiger partial charge in [-0.05, 0) is 37.1 Å². The van der Waals surface area contributed by atoms with Crippen LogP contribution in [0.15, 0.2) is 35.0 Å². The lowest BCUT2D eigenvalue weighted by Crippen LogP contribution is -2.42. The van der Waals surface area contributed by atoms with Gasteiger partial charge < -0.3 is 10.1 Å². The Hall–Kier alpha value is -2.01. The summed E-state index contributed by atoms with van der Waals surface area (Å²) in [7, 11) is 1.59. The SMILES string of the molecule is COc1ccc(NC2=C(Cl)C(=O)N(C3CCCCC3)C2=O)cc1. The number of benzene rings is 1. The molecule has 1 aromatic carbocycles. The van der Waals surface area contributed by atoms with Crippen molar-refractivity contribution in [3.05, 3.63) is 35.0 Å². The van der Waals surface area contributed by atoms with Crippen LogP contribution in [0, 0.1) is 0 Å². The van der Waals surface area contributed by atoms with Gasteiger partial charge in [0.1, 0.15) is 16.5 Å². The van der Waals surface area contributed by atoms with Crippen molar-refractivity contribution in [1.82, 2.24) is 4.90 Å². The number of rotatable bonds is 4. The average Bonchev–Trinajstić information content (AvgIpc) is 2.80. The minimum absolute atomic E-state index is 0.0311. The quantitative estimate of drug-likeness (QED) is 0.859. The van der Waals surface area contributed by atoms with Crippen LogP contribution in [0.25, 0.3) is 0 Å². The average molecular weight is 335 g/mol. The van der Waals surface area contributed by atoms with Gasteiger partial charge in [0.25, 0.3) is 11.8 Å². The van der Waals surface area contributed by atoms with Gasteiger partial charge in [-0.25, -0.2) is 0 Å². The number of carbonyl (C=O) groups excluding carboxylic acids is 2. The van der Waals surface area contributed by atoms with Crippen LogP contribution in [0.3, 0.4) is 0 Å². The number of hydrogen-bond acceptors (Lipinski definition) is 4. The van der Waals surface area contributed by atoms with Crippen LogP contribution in [-0.4, -0.2) is 29.9 Å². The van der Waals surface area contributed by atoms with E-state index in [-0.39, 0.29) is 28.6 Å². The number of anilines is 1. The van der Waals surface area contributed by atoms with Crippen molar-refractivity contribution >= 4 is 29.1 Å². The van der Waals surface area contributed by atoms with Crippen molar-refractivity contribution in [3.63, 3.8) is 0 Å². The fourth-order valence-corrected chi connectivity index (χ4v) is 3.34. The van der Waals surface area contributed by atoms with Crippen LogP contribution in [0.5, 0.6) is 5.75 Å². The molecule has 0 aromatic heterocycles. The Morgan fingerprint density at radius 2 is 1.74 bits per heavy atom. The van der Waals surface area contributed by atoms with E-state index >= 15 is 0 Å². The van der Waals surface area contributed by atoms with E-state index < -0.39 is 0 Å². The molecule has 2 amide bonds. The molecule has 0 atom stereocenters. The van der Waals surface area contributed by atoms with E-state index in [1.165, 1.54) is 4.90 Å². The summed E-state index contributed by atoms with van der Waals surface area (Å²) >= 11 is 6.13. The van der Waals surface area contributed by atoms with Gasteiger partial charge in [0.2, 0.25) is 0 Å². The number of hydrogen-bond donors (Lipinski definition) is 1. The number of nitrogens with zero attached hydrogens (tertiary/aromatic N) is 1. The van der Waals surface area contributed by atoms with Crippen LogP contribution in [0.2, 0.25) is 0 Å². The monoisotopic (exact) mass is 334 g/mol. The molecule has 1 heterocycles. The lowest BCUT2D eigenvalue weighted by molar-refractivity contribution is -0.140. The first-order valence-electron chi connectivity index (χ1n) is 7.80. The molecular weight excluding hydrogens is 316 g/mol. The Morgan fingerprint density at radius 1 is 1.09 bits per heavy atom. The molecule has 0 bridgehead atoms. The number of halogens is 1. The van der Waals surface area contributed by atoms with Crippen LogP contribution in [0.1, 0.15) is 32.1 Å². The highest BCUT2D eigenvalue weighted by atomic mass is 35.5. The second kappa shape index (κ2) is 6.62. The maximum Gasteiger partial charge on any atom is 0.279 e. The topological polar surface area (TPSA) is 58.6 Å². The Bertz CT molecular complexity index is 648. The fraction of sp³-hybridized carbons (Fsp3) is 0.412. The first-order valence-corrected chi connectivity index (χ1v) is 8.18. The van der Waals surface area contributed by atoms with Crippen LogP contribution < -0.4 is 10.1 Å². The summed E-state index contributed by atoms with van der Waals surface area (Å²) in [6, 6.07) is 7.06. The zero-order chi connectivity index (χ0) is 16.4. The summed E-state index contributed by atoms with van der Waals surface area (Å²) < 4.78 is 5.10. The van der Waals surface area contributed by atoms with Gasteiger partial charge in [-0.1, -0.05) is 30.9 Å². The zero-order valence-corrected chi connectivity index (χ0v) is 13.7. The van der Waals surface area contributed by atoms with E-state index in [1.807, 2.05) is 0 Å². The largest absolute Gasteiger partial charge is 0.497 e. The first-order chi connectivity index (χ1) is 11.1. The molecule has 1 aromatic rings. The Balaban J connectivity index is 1.78. The van der Waals surface area contributed by atoms with Gasteiger partial charge in [-0.2, -0.15) is 0 Å². The molecule has 122 valence electrons. The number of amides is 2. The van der Waals surface area contributed by atoms with E-state index in [0.29, 0.717) is 11.4 Å². The molecule has 0 unspecified atom stereocenters. The second-order valence-corrected chi connectivity index (χ2v) is 6.19. The third kappa shape index (κ3) is 3.06. The molecule has 6 heteroatoms. The van der Waals surface area contributed by atoms with Crippen molar-refractivity contribution in [2.75, 3.05) is 12.4 Å². The maximum atomic E-state index is 12.6. The Morgan fingerprint density at radius 3 is 2.35 bits per heavy atom. The summed E-state index contributed by atoms with van der Waals surface area (Å²) in [4.78, 5) is 26.3. The van der Waals surface area contributed by atoms with E-state index in [1.54, 1.807) is 31.4 Å². The lowest BCUT2D eigenvalue weighted by atomic mass is 9.94.